The van der Waals surface area contributed by atoms with E-state index in [0.29, 0.717) is 6.61 Å². The van der Waals surface area contributed by atoms with Crippen LogP contribution in [0.15, 0.2) is 12.1 Å². The fraction of sp³-hybridized carbons (Fsp3) is 0.364. The van der Waals surface area contributed by atoms with Gasteiger partial charge in [-0.2, -0.15) is 5.26 Å². The number of rotatable bonds is 4. The van der Waals surface area contributed by atoms with Crippen molar-refractivity contribution in [2.24, 2.45) is 0 Å². The second-order valence-electron chi connectivity index (χ2n) is 3.08. The average molecular weight is 228 g/mol. The zero-order chi connectivity index (χ0) is 11.3. The number of benzene rings is 1. The molecule has 0 saturated carbocycles. The van der Waals surface area contributed by atoms with Crippen LogP contribution in [0.5, 0.6) is 5.75 Å². The summed E-state index contributed by atoms with van der Waals surface area (Å²) in [6, 6.07) is 4.12. The Kier molecular flexibility index (Phi) is 4.38. The summed E-state index contributed by atoms with van der Waals surface area (Å²) in [5.74, 6) is -0.256. The minimum Gasteiger partial charge on any atom is -0.491 e. The number of unbranched alkanes of at least 4 members (excludes halogenated alkanes) is 1. The van der Waals surface area contributed by atoms with Gasteiger partial charge in [0.1, 0.15) is 11.9 Å². The Morgan fingerprint density at radius 3 is 2.87 bits per heavy atom. The lowest BCUT2D eigenvalue weighted by Gasteiger charge is -2.08. The molecule has 0 aliphatic rings. The van der Waals surface area contributed by atoms with Crippen LogP contribution in [0.1, 0.15) is 25.3 Å². The fourth-order valence-corrected chi connectivity index (χ4v) is 1.37. The number of ether oxygens (including phenoxy) is 1. The van der Waals surface area contributed by atoms with E-state index in [1.54, 1.807) is 0 Å². The molecule has 2 nitrogen and oxygen atoms in total. The molecule has 0 fully saturated rings. The van der Waals surface area contributed by atoms with Crippen molar-refractivity contribution >= 4 is 11.6 Å². The van der Waals surface area contributed by atoms with E-state index in [1.165, 1.54) is 0 Å². The number of hydrogen-bond donors (Lipinski definition) is 0. The Bertz CT molecular complexity index is 387. The van der Waals surface area contributed by atoms with Gasteiger partial charge in [-0.15, -0.1) is 0 Å². The third-order valence-corrected chi connectivity index (χ3v) is 2.15. The van der Waals surface area contributed by atoms with Crippen molar-refractivity contribution in [2.75, 3.05) is 6.61 Å². The molecule has 0 unspecified atom stereocenters. The first-order valence-corrected chi connectivity index (χ1v) is 5.08. The van der Waals surface area contributed by atoms with Gasteiger partial charge in [-0.3, -0.25) is 0 Å². The molecule has 0 saturated heterocycles. The highest BCUT2D eigenvalue weighted by Gasteiger charge is 2.10. The summed E-state index contributed by atoms with van der Waals surface area (Å²) >= 11 is 5.78. The third-order valence-electron chi connectivity index (χ3n) is 1.87. The van der Waals surface area contributed by atoms with Gasteiger partial charge < -0.3 is 4.74 Å². The number of halogens is 2. The van der Waals surface area contributed by atoms with E-state index < -0.39 is 5.82 Å². The largest absolute Gasteiger partial charge is 0.491 e. The normalized spacial score (nSPS) is 9.73. The molecule has 0 aliphatic heterocycles. The second kappa shape index (κ2) is 5.57. The SMILES string of the molecule is CCCCOc1c(Cl)cc(F)cc1C#N. The van der Waals surface area contributed by atoms with Crippen molar-refractivity contribution in [1.82, 2.24) is 0 Å². The molecule has 15 heavy (non-hydrogen) atoms. The van der Waals surface area contributed by atoms with Gasteiger partial charge in [0, 0.05) is 0 Å². The highest BCUT2D eigenvalue weighted by Crippen LogP contribution is 2.29. The molecule has 0 heterocycles. The van der Waals surface area contributed by atoms with Crippen molar-refractivity contribution in [3.8, 4) is 11.8 Å². The summed E-state index contributed by atoms with van der Waals surface area (Å²) in [5.41, 5.74) is 0.135. The summed E-state index contributed by atoms with van der Waals surface area (Å²) in [7, 11) is 0. The molecule has 4 heteroatoms. The van der Waals surface area contributed by atoms with E-state index in [9.17, 15) is 4.39 Å². The lowest BCUT2D eigenvalue weighted by molar-refractivity contribution is 0.308. The van der Waals surface area contributed by atoms with E-state index in [-0.39, 0.29) is 16.3 Å². The first kappa shape index (κ1) is 11.8. The summed E-state index contributed by atoms with van der Waals surface area (Å²) in [4.78, 5) is 0. The molecule has 1 aromatic rings. The van der Waals surface area contributed by atoms with Gasteiger partial charge in [0.2, 0.25) is 0 Å². The molecule has 0 radical (unpaired) electrons. The molecule has 0 amide bonds. The van der Waals surface area contributed by atoms with Crippen molar-refractivity contribution in [3.63, 3.8) is 0 Å². The highest BCUT2D eigenvalue weighted by molar-refractivity contribution is 6.32. The Morgan fingerprint density at radius 2 is 2.27 bits per heavy atom. The van der Waals surface area contributed by atoms with E-state index in [2.05, 4.69) is 0 Å². The van der Waals surface area contributed by atoms with Crippen LogP contribution in [0, 0.1) is 17.1 Å². The predicted octanol–water partition coefficient (Wildman–Crippen LogP) is 3.53. The van der Waals surface area contributed by atoms with Crippen molar-refractivity contribution < 1.29 is 9.13 Å². The molecule has 0 spiro atoms. The van der Waals surface area contributed by atoms with Crippen molar-refractivity contribution in [3.05, 3.63) is 28.5 Å². The summed E-state index contributed by atoms with van der Waals surface area (Å²) in [6.07, 6.45) is 1.86. The number of nitrogens with zero attached hydrogens (tertiary/aromatic N) is 1. The first-order chi connectivity index (χ1) is 7.19. The molecule has 0 aliphatic carbocycles. The number of hydrogen-bond acceptors (Lipinski definition) is 2. The molecule has 1 rings (SSSR count). The zero-order valence-corrected chi connectivity index (χ0v) is 9.14. The molecule has 0 aromatic heterocycles. The van der Waals surface area contributed by atoms with E-state index >= 15 is 0 Å². The van der Waals surface area contributed by atoms with Crippen molar-refractivity contribution in [1.29, 1.82) is 5.26 Å². The predicted molar refractivity (Wildman–Crippen MR) is 56.5 cm³/mol. The molecule has 0 bridgehead atoms. The van der Waals surface area contributed by atoms with Crippen LogP contribution in [0.25, 0.3) is 0 Å². The topological polar surface area (TPSA) is 33.0 Å². The molecule has 1 aromatic carbocycles. The van der Waals surface area contributed by atoms with Gasteiger partial charge in [0.25, 0.3) is 0 Å². The van der Waals surface area contributed by atoms with E-state index in [0.717, 1.165) is 25.0 Å². The van der Waals surface area contributed by atoms with Gasteiger partial charge in [0.05, 0.1) is 17.2 Å². The zero-order valence-electron chi connectivity index (χ0n) is 8.39. The summed E-state index contributed by atoms with van der Waals surface area (Å²) in [6.45, 7) is 2.51. The lowest BCUT2D eigenvalue weighted by atomic mass is 10.2. The maximum absolute atomic E-state index is 12.9. The Balaban J connectivity index is 2.90. The van der Waals surface area contributed by atoms with E-state index in [1.807, 2.05) is 13.0 Å². The standard InChI is InChI=1S/C11H11ClFNO/c1-2-3-4-15-11-8(7-14)5-9(13)6-10(11)12/h5-6H,2-4H2,1H3. The molecule has 80 valence electrons. The van der Waals surface area contributed by atoms with Crippen molar-refractivity contribution in [2.45, 2.75) is 19.8 Å². The van der Waals surface area contributed by atoms with Crippen LogP contribution in [-0.4, -0.2) is 6.61 Å². The van der Waals surface area contributed by atoms with Gasteiger partial charge in [0.15, 0.2) is 5.75 Å². The fourth-order valence-electron chi connectivity index (χ4n) is 1.11. The average Bonchev–Trinajstić information content (AvgIpc) is 2.20. The van der Waals surface area contributed by atoms with Gasteiger partial charge in [-0.25, -0.2) is 4.39 Å². The van der Waals surface area contributed by atoms with Crippen LogP contribution in [0.3, 0.4) is 0 Å². The maximum atomic E-state index is 12.9. The Hall–Kier alpha value is -1.27. The van der Waals surface area contributed by atoms with Crippen LogP contribution < -0.4 is 4.74 Å². The van der Waals surface area contributed by atoms with E-state index in [4.69, 9.17) is 21.6 Å². The van der Waals surface area contributed by atoms with Crippen LogP contribution in [-0.2, 0) is 0 Å². The van der Waals surface area contributed by atoms with Gasteiger partial charge in [-0.1, -0.05) is 24.9 Å². The summed E-state index contributed by atoms with van der Waals surface area (Å²) < 4.78 is 18.2. The Morgan fingerprint density at radius 1 is 1.53 bits per heavy atom. The first-order valence-electron chi connectivity index (χ1n) is 4.71. The van der Waals surface area contributed by atoms with Crippen LogP contribution >= 0.6 is 11.6 Å². The molecular formula is C11H11ClFNO. The van der Waals surface area contributed by atoms with Crippen LogP contribution in [0.4, 0.5) is 4.39 Å². The quantitative estimate of drug-likeness (QED) is 0.738. The summed E-state index contributed by atoms with van der Waals surface area (Å²) in [5, 5.41) is 8.91. The van der Waals surface area contributed by atoms with Crippen LogP contribution in [0.2, 0.25) is 5.02 Å². The smallest absolute Gasteiger partial charge is 0.155 e. The van der Waals surface area contributed by atoms with Gasteiger partial charge in [-0.05, 0) is 18.6 Å². The maximum Gasteiger partial charge on any atom is 0.155 e. The number of nitriles is 1. The molecule has 0 N–H and O–H groups in total. The second-order valence-corrected chi connectivity index (χ2v) is 3.49. The monoisotopic (exact) mass is 227 g/mol. The molecule has 0 atom stereocenters. The van der Waals surface area contributed by atoms with Gasteiger partial charge >= 0.3 is 0 Å². The molecular weight excluding hydrogens is 217 g/mol. The minimum absolute atomic E-state index is 0.135. The minimum atomic E-state index is -0.528. The lowest BCUT2D eigenvalue weighted by Crippen LogP contribution is -1.99. The highest BCUT2D eigenvalue weighted by atomic mass is 35.5. The third kappa shape index (κ3) is 3.10. The Labute approximate surface area is 93.2 Å².